The van der Waals surface area contributed by atoms with Gasteiger partial charge in [0.05, 0.1) is 15.6 Å². The molecule has 0 aliphatic heterocycles. The second-order valence-electron chi connectivity index (χ2n) is 5.66. The Bertz CT molecular complexity index is 419. The summed E-state index contributed by atoms with van der Waals surface area (Å²) in [6.45, 7) is 5.95. The molecule has 0 spiro atoms. The van der Waals surface area contributed by atoms with Crippen LogP contribution in [-0.4, -0.2) is 12.6 Å². The monoisotopic (exact) mass is 403 g/mol. The van der Waals surface area contributed by atoms with Gasteiger partial charge in [-0.2, -0.15) is 0 Å². The highest BCUT2D eigenvalue weighted by atomic mass is 79.9. The zero-order valence-corrected chi connectivity index (χ0v) is 15.4. The first-order chi connectivity index (χ1) is 9.60. The van der Waals surface area contributed by atoms with E-state index in [0.717, 1.165) is 27.2 Å². The van der Waals surface area contributed by atoms with Crippen molar-refractivity contribution in [3.05, 3.63) is 26.6 Å². The topological polar surface area (TPSA) is 21.3 Å². The average molecular weight is 405 g/mol. The number of ether oxygens (including phenoxy) is 1. The highest BCUT2D eigenvalue weighted by Crippen LogP contribution is 2.35. The standard InChI is InChI=1S/C16H23Br2NO/c1-3-20-16-14(17)8-12(9-15(16)18)10-19-13-6-4-11(2)5-7-13/h8-9,11,13,19H,3-7,10H2,1-2H3. The molecule has 0 amide bonds. The van der Waals surface area contributed by atoms with Crippen molar-refractivity contribution in [1.82, 2.24) is 5.32 Å². The van der Waals surface area contributed by atoms with Gasteiger partial charge in [0, 0.05) is 12.6 Å². The first kappa shape index (κ1) is 16.3. The van der Waals surface area contributed by atoms with E-state index in [1.807, 2.05) is 6.92 Å². The average Bonchev–Trinajstić information content (AvgIpc) is 2.42. The van der Waals surface area contributed by atoms with Crippen LogP contribution in [-0.2, 0) is 6.54 Å². The van der Waals surface area contributed by atoms with Crippen molar-refractivity contribution in [2.24, 2.45) is 5.92 Å². The zero-order chi connectivity index (χ0) is 14.5. The van der Waals surface area contributed by atoms with E-state index in [-0.39, 0.29) is 0 Å². The Balaban J connectivity index is 1.93. The SMILES string of the molecule is CCOc1c(Br)cc(CNC2CCC(C)CC2)cc1Br. The third-order valence-electron chi connectivity index (χ3n) is 3.96. The lowest BCUT2D eigenvalue weighted by molar-refractivity contribution is 0.306. The summed E-state index contributed by atoms with van der Waals surface area (Å²) in [4.78, 5) is 0. The van der Waals surface area contributed by atoms with Gasteiger partial charge in [0.25, 0.3) is 0 Å². The number of halogens is 2. The minimum Gasteiger partial charge on any atom is -0.492 e. The van der Waals surface area contributed by atoms with Crippen molar-refractivity contribution < 1.29 is 4.74 Å². The summed E-state index contributed by atoms with van der Waals surface area (Å²) >= 11 is 7.18. The molecule has 20 heavy (non-hydrogen) atoms. The van der Waals surface area contributed by atoms with Gasteiger partial charge in [-0.05, 0) is 88.1 Å². The second-order valence-corrected chi connectivity index (χ2v) is 7.37. The van der Waals surface area contributed by atoms with Gasteiger partial charge in [0.15, 0.2) is 0 Å². The fourth-order valence-corrected chi connectivity index (χ4v) is 4.23. The second kappa shape index (κ2) is 7.81. The Kier molecular flexibility index (Phi) is 6.37. The molecule has 1 aliphatic carbocycles. The minimum atomic E-state index is 0.676. The van der Waals surface area contributed by atoms with Crippen molar-refractivity contribution in [2.75, 3.05) is 6.61 Å². The molecule has 1 aliphatic rings. The van der Waals surface area contributed by atoms with Crippen LogP contribution in [0.15, 0.2) is 21.1 Å². The Morgan fingerprint density at radius 2 is 1.75 bits per heavy atom. The van der Waals surface area contributed by atoms with E-state index < -0.39 is 0 Å². The lowest BCUT2D eigenvalue weighted by atomic mass is 9.87. The third kappa shape index (κ3) is 4.47. The van der Waals surface area contributed by atoms with Gasteiger partial charge < -0.3 is 10.1 Å². The van der Waals surface area contributed by atoms with Gasteiger partial charge in [-0.15, -0.1) is 0 Å². The van der Waals surface area contributed by atoms with Crippen LogP contribution in [0.25, 0.3) is 0 Å². The van der Waals surface area contributed by atoms with Crippen molar-refractivity contribution in [1.29, 1.82) is 0 Å². The van der Waals surface area contributed by atoms with E-state index in [1.54, 1.807) is 0 Å². The van der Waals surface area contributed by atoms with Gasteiger partial charge in [0.2, 0.25) is 0 Å². The minimum absolute atomic E-state index is 0.676. The van der Waals surface area contributed by atoms with E-state index >= 15 is 0 Å². The van der Waals surface area contributed by atoms with Crippen molar-refractivity contribution in [3.63, 3.8) is 0 Å². The maximum atomic E-state index is 5.61. The summed E-state index contributed by atoms with van der Waals surface area (Å²) in [5.41, 5.74) is 1.28. The van der Waals surface area contributed by atoms with Crippen LogP contribution >= 0.6 is 31.9 Å². The van der Waals surface area contributed by atoms with Crippen molar-refractivity contribution in [3.8, 4) is 5.75 Å². The van der Waals surface area contributed by atoms with Crippen LogP contribution in [0.3, 0.4) is 0 Å². The molecule has 0 unspecified atom stereocenters. The maximum absolute atomic E-state index is 5.61. The molecular weight excluding hydrogens is 382 g/mol. The molecule has 1 aromatic carbocycles. The Hall–Kier alpha value is -0.0600. The zero-order valence-electron chi connectivity index (χ0n) is 12.2. The summed E-state index contributed by atoms with van der Waals surface area (Å²) in [5.74, 6) is 1.80. The highest BCUT2D eigenvalue weighted by molar-refractivity contribution is 9.11. The molecule has 2 rings (SSSR count). The van der Waals surface area contributed by atoms with Gasteiger partial charge in [-0.25, -0.2) is 0 Å². The molecule has 0 aromatic heterocycles. The molecule has 1 N–H and O–H groups in total. The predicted octanol–water partition coefficient (Wildman–Crippen LogP) is 5.28. The van der Waals surface area contributed by atoms with Crippen molar-refractivity contribution >= 4 is 31.9 Å². The Morgan fingerprint density at radius 1 is 1.15 bits per heavy atom. The van der Waals surface area contributed by atoms with Gasteiger partial charge in [-0.1, -0.05) is 6.92 Å². The number of hydrogen-bond donors (Lipinski definition) is 1. The number of hydrogen-bond acceptors (Lipinski definition) is 2. The molecule has 0 heterocycles. The molecule has 112 valence electrons. The molecule has 0 atom stereocenters. The largest absolute Gasteiger partial charge is 0.492 e. The molecule has 0 radical (unpaired) electrons. The third-order valence-corrected chi connectivity index (χ3v) is 5.14. The van der Waals surface area contributed by atoms with E-state index in [4.69, 9.17) is 4.74 Å². The normalized spacial score (nSPS) is 22.8. The maximum Gasteiger partial charge on any atom is 0.147 e. The highest BCUT2D eigenvalue weighted by Gasteiger charge is 2.17. The van der Waals surface area contributed by atoms with E-state index in [1.165, 1.54) is 31.2 Å². The van der Waals surface area contributed by atoms with Crippen LogP contribution in [0.2, 0.25) is 0 Å². The first-order valence-corrected chi connectivity index (χ1v) is 9.02. The Labute approximate surface area is 138 Å². The lowest BCUT2D eigenvalue weighted by Crippen LogP contribution is -2.32. The summed E-state index contributed by atoms with van der Waals surface area (Å²) in [6, 6.07) is 4.97. The molecule has 1 fully saturated rings. The lowest BCUT2D eigenvalue weighted by Gasteiger charge is -2.27. The molecular formula is C16H23Br2NO. The summed E-state index contributed by atoms with van der Waals surface area (Å²) < 4.78 is 7.65. The summed E-state index contributed by atoms with van der Waals surface area (Å²) in [7, 11) is 0. The van der Waals surface area contributed by atoms with Gasteiger partial charge in [-0.3, -0.25) is 0 Å². The van der Waals surface area contributed by atoms with E-state index in [0.29, 0.717) is 12.6 Å². The van der Waals surface area contributed by atoms with Crippen LogP contribution in [0.4, 0.5) is 0 Å². The summed E-state index contributed by atoms with van der Waals surface area (Å²) in [6.07, 6.45) is 5.32. The fraction of sp³-hybridized carbons (Fsp3) is 0.625. The number of nitrogens with one attached hydrogen (secondary N) is 1. The van der Waals surface area contributed by atoms with E-state index in [9.17, 15) is 0 Å². The van der Waals surface area contributed by atoms with Crippen LogP contribution < -0.4 is 10.1 Å². The molecule has 0 bridgehead atoms. The summed E-state index contributed by atoms with van der Waals surface area (Å²) in [5, 5.41) is 3.68. The quantitative estimate of drug-likeness (QED) is 0.720. The fourth-order valence-electron chi connectivity index (χ4n) is 2.72. The molecule has 4 heteroatoms. The molecule has 1 saturated carbocycles. The predicted molar refractivity (Wildman–Crippen MR) is 91.3 cm³/mol. The van der Waals surface area contributed by atoms with E-state index in [2.05, 4.69) is 56.2 Å². The molecule has 2 nitrogen and oxygen atoms in total. The number of rotatable bonds is 5. The number of benzene rings is 1. The Morgan fingerprint density at radius 3 is 2.30 bits per heavy atom. The van der Waals surface area contributed by atoms with Crippen molar-refractivity contribution in [2.45, 2.75) is 52.1 Å². The van der Waals surface area contributed by atoms with Crippen LogP contribution in [0.1, 0.15) is 45.1 Å². The smallest absolute Gasteiger partial charge is 0.147 e. The first-order valence-electron chi connectivity index (χ1n) is 7.44. The van der Waals surface area contributed by atoms with Gasteiger partial charge >= 0.3 is 0 Å². The van der Waals surface area contributed by atoms with Gasteiger partial charge in [0.1, 0.15) is 5.75 Å². The molecule has 0 saturated heterocycles. The molecule has 1 aromatic rings. The van der Waals surface area contributed by atoms with Crippen LogP contribution in [0, 0.1) is 5.92 Å². The van der Waals surface area contributed by atoms with Crippen LogP contribution in [0.5, 0.6) is 5.75 Å².